The Morgan fingerprint density at radius 2 is 2.05 bits per heavy atom. The molecular weight excluding hydrogens is 266 g/mol. The molecule has 0 aliphatic rings. The molecule has 1 amide bonds. The fourth-order valence-electron chi connectivity index (χ4n) is 2.20. The summed E-state index contributed by atoms with van der Waals surface area (Å²) in [7, 11) is 1.64. The minimum atomic E-state index is -0.522. The summed E-state index contributed by atoms with van der Waals surface area (Å²) in [6.45, 7) is 6.28. The Kier molecular flexibility index (Phi) is 6.69. The van der Waals surface area contributed by atoms with Crippen molar-refractivity contribution >= 4 is 5.91 Å². The van der Waals surface area contributed by atoms with E-state index in [0.717, 1.165) is 11.3 Å². The molecule has 0 aliphatic heterocycles. The molecule has 4 heteroatoms. The number of aliphatic hydroxyl groups is 1. The third-order valence-electron chi connectivity index (χ3n) is 3.67. The topological polar surface area (TPSA) is 58.6 Å². The molecule has 1 rings (SSSR count). The number of hydrogen-bond donors (Lipinski definition) is 2. The van der Waals surface area contributed by atoms with Crippen molar-refractivity contribution < 1.29 is 14.6 Å². The Labute approximate surface area is 127 Å². The van der Waals surface area contributed by atoms with Crippen LogP contribution in [0.4, 0.5) is 0 Å². The summed E-state index contributed by atoms with van der Waals surface area (Å²) >= 11 is 0. The Balaban J connectivity index is 2.61. The predicted octanol–water partition coefficient (Wildman–Crippen LogP) is 2.54. The Hall–Kier alpha value is -1.55. The van der Waals surface area contributed by atoms with E-state index in [1.807, 2.05) is 45.0 Å². The first-order chi connectivity index (χ1) is 9.90. The van der Waals surface area contributed by atoms with E-state index >= 15 is 0 Å². The number of rotatable bonds is 8. The van der Waals surface area contributed by atoms with Crippen LogP contribution in [0.25, 0.3) is 0 Å². The van der Waals surface area contributed by atoms with E-state index in [1.54, 1.807) is 7.11 Å². The summed E-state index contributed by atoms with van der Waals surface area (Å²) in [4.78, 5) is 12.3. The molecule has 0 aliphatic carbocycles. The van der Waals surface area contributed by atoms with Gasteiger partial charge in [-0.3, -0.25) is 4.79 Å². The molecule has 1 atom stereocenters. The summed E-state index contributed by atoms with van der Waals surface area (Å²) in [5.74, 6) is 0.802. The van der Waals surface area contributed by atoms with Crippen LogP contribution in [0.1, 0.15) is 39.2 Å². The highest BCUT2D eigenvalue weighted by Crippen LogP contribution is 2.27. The molecule has 4 nitrogen and oxygen atoms in total. The van der Waals surface area contributed by atoms with Gasteiger partial charge in [-0.1, -0.05) is 39.0 Å². The zero-order valence-corrected chi connectivity index (χ0v) is 13.5. The lowest BCUT2D eigenvalue weighted by atomic mass is 9.84. The normalized spacial score (nSPS) is 12.8. The monoisotopic (exact) mass is 293 g/mol. The second-order valence-corrected chi connectivity index (χ2v) is 5.98. The number of carbonyl (C=O) groups is 1. The van der Waals surface area contributed by atoms with Gasteiger partial charge in [-0.15, -0.1) is 0 Å². The number of aliphatic hydroxyl groups excluding tert-OH is 1. The molecule has 118 valence electrons. The maximum Gasteiger partial charge on any atom is 0.225 e. The number of ether oxygens (including phenoxy) is 1. The quantitative estimate of drug-likeness (QED) is 0.774. The first kappa shape index (κ1) is 17.5. The van der Waals surface area contributed by atoms with Crippen LogP contribution in [0.3, 0.4) is 0 Å². The third-order valence-corrected chi connectivity index (χ3v) is 3.67. The van der Waals surface area contributed by atoms with Crippen molar-refractivity contribution in [1.82, 2.24) is 5.32 Å². The fourth-order valence-corrected chi connectivity index (χ4v) is 2.20. The van der Waals surface area contributed by atoms with Gasteiger partial charge in [0.1, 0.15) is 5.75 Å². The van der Waals surface area contributed by atoms with E-state index in [-0.39, 0.29) is 12.0 Å². The molecule has 0 bridgehead atoms. The van der Waals surface area contributed by atoms with Crippen LogP contribution in [0.2, 0.25) is 0 Å². The van der Waals surface area contributed by atoms with Crippen LogP contribution < -0.4 is 10.1 Å². The van der Waals surface area contributed by atoms with Crippen molar-refractivity contribution in [2.24, 2.45) is 5.41 Å². The van der Waals surface area contributed by atoms with Gasteiger partial charge in [0.15, 0.2) is 0 Å². The minimum absolute atomic E-state index is 0.00305. The Morgan fingerprint density at radius 1 is 1.38 bits per heavy atom. The highest BCUT2D eigenvalue weighted by molar-refractivity contribution is 5.82. The lowest BCUT2D eigenvalue weighted by molar-refractivity contribution is -0.129. The smallest absolute Gasteiger partial charge is 0.225 e. The highest BCUT2D eigenvalue weighted by Gasteiger charge is 2.28. The molecule has 0 saturated heterocycles. The van der Waals surface area contributed by atoms with Crippen LogP contribution in [0.5, 0.6) is 5.75 Å². The van der Waals surface area contributed by atoms with Gasteiger partial charge < -0.3 is 15.2 Å². The summed E-state index contributed by atoms with van der Waals surface area (Å²) in [6.07, 6.45) is 1.56. The zero-order valence-electron chi connectivity index (χ0n) is 13.5. The standard InChI is InChI=1S/C17H27NO3/c1-5-14(19)10-11-18-16(20)17(2,3)12-13-8-6-7-9-15(13)21-4/h6-9,14,19H,5,10-12H2,1-4H3,(H,18,20). The second kappa shape index (κ2) is 8.03. The number of benzene rings is 1. The molecule has 0 aromatic heterocycles. The third kappa shape index (κ3) is 5.38. The van der Waals surface area contributed by atoms with Gasteiger partial charge in [-0.05, 0) is 30.9 Å². The van der Waals surface area contributed by atoms with Crippen molar-refractivity contribution in [3.8, 4) is 5.75 Å². The van der Waals surface area contributed by atoms with Gasteiger partial charge in [0.05, 0.1) is 13.2 Å². The average molecular weight is 293 g/mol. The predicted molar refractivity (Wildman–Crippen MR) is 84.4 cm³/mol. The van der Waals surface area contributed by atoms with Crippen LogP contribution in [0, 0.1) is 5.41 Å². The summed E-state index contributed by atoms with van der Waals surface area (Å²) < 4.78 is 5.33. The average Bonchev–Trinajstić information content (AvgIpc) is 2.47. The molecule has 1 aromatic rings. The fraction of sp³-hybridized carbons (Fsp3) is 0.588. The van der Waals surface area contributed by atoms with E-state index < -0.39 is 5.41 Å². The number of hydrogen-bond acceptors (Lipinski definition) is 3. The molecule has 1 unspecified atom stereocenters. The van der Waals surface area contributed by atoms with Crippen LogP contribution in [-0.2, 0) is 11.2 Å². The molecule has 1 aromatic carbocycles. The van der Waals surface area contributed by atoms with E-state index in [9.17, 15) is 9.90 Å². The number of nitrogens with one attached hydrogen (secondary N) is 1. The van der Waals surface area contributed by atoms with Crippen molar-refractivity contribution in [1.29, 1.82) is 0 Å². The summed E-state index contributed by atoms with van der Waals surface area (Å²) in [5.41, 5.74) is 0.500. The van der Waals surface area contributed by atoms with E-state index in [2.05, 4.69) is 5.32 Å². The van der Waals surface area contributed by atoms with Crippen molar-refractivity contribution in [2.45, 2.75) is 46.1 Å². The first-order valence-electron chi connectivity index (χ1n) is 7.49. The van der Waals surface area contributed by atoms with Gasteiger partial charge in [0.25, 0.3) is 0 Å². The largest absolute Gasteiger partial charge is 0.496 e. The molecule has 0 radical (unpaired) electrons. The SMILES string of the molecule is CCC(O)CCNC(=O)C(C)(C)Cc1ccccc1OC. The van der Waals surface area contributed by atoms with E-state index in [1.165, 1.54) is 0 Å². The molecule has 0 heterocycles. The molecular formula is C17H27NO3. The van der Waals surface area contributed by atoms with Gasteiger partial charge in [-0.2, -0.15) is 0 Å². The molecule has 0 spiro atoms. The van der Waals surface area contributed by atoms with E-state index in [0.29, 0.717) is 25.8 Å². The van der Waals surface area contributed by atoms with Crippen LogP contribution >= 0.6 is 0 Å². The van der Waals surface area contributed by atoms with Crippen molar-refractivity contribution in [3.05, 3.63) is 29.8 Å². The highest BCUT2D eigenvalue weighted by atomic mass is 16.5. The molecule has 0 saturated carbocycles. The second-order valence-electron chi connectivity index (χ2n) is 5.98. The van der Waals surface area contributed by atoms with Gasteiger partial charge >= 0.3 is 0 Å². The number of methoxy groups -OCH3 is 1. The van der Waals surface area contributed by atoms with Crippen molar-refractivity contribution in [3.63, 3.8) is 0 Å². The maximum atomic E-state index is 12.3. The zero-order chi connectivity index (χ0) is 15.9. The summed E-state index contributed by atoms with van der Waals surface area (Å²) in [5, 5.41) is 12.4. The summed E-state index contributed by atoms with van der Waals surface area (Å²) in [6, 6.07) is 7.75. The van der Waals surface area contributed by atoms with Crippen LogP contribution in [-0.4, -0.2) is 30.8 Å². The first-order valence-corrected chi connectivity index (χ1v) is 7.49. The Morgan fingerprint density at radius 3 is 2.67 bits per heavy atom. The number of para-hydroxylation sites is 1. The molecule has 0 fully saturated rings. The van der Waals surface area contributed by atoms with Gasteiger partial charge in [-0.25, -0.2) is 0 Å². The van der Waals surface area contributed by atoms with Crippen LogP contribution in [0.15, 0.2) is 24.3 Å². The van der Waals surface area contributed by atoms with Gasteiger partial charge in [0.2, 0.25) is 5.91 Å². The molecule has 21 heavy (non-hydrogen) atoms. The minimum Gasteiger partial charge on any atom is -0.496 e. The Bertz CT molecular complexity index is 457. The number of amides is 1. The van der Waals surface area contributed by atoms with E-state index in [4.69, 9.17) is 4.74 Å². The van der Waals surface area contributed by atoms with Crippen molar-refractivity contribution in [2.75, 3.05) is 13.7 Å². The van der Waals surface area contributed by atoms with Gasteiger partial charge in [0, 0.05) is 12.0 Å². The molecule has 2 N–H and O–H groups in total. The maximum absolute atomic E-state index is 12.3. The lowest BCUT2D eigenvalue weighted by Gasteiger charge is -2.25. The lowest BCUT2D eigenvalue weighted by Crippen LogP contribution is -2.39. The number of carbonyl (C=O) groups excluding carboxylic acids is 1.